The number of aliphatic carboxylic acids is 3. The fourth-order valence-electron chi connectivity index (χ4n) is 6.28. The summed E-state index contributed by atoms with van der Waals surface area (Å²) < 4.78 is 0. The molecule has 1 heterocycles. The predicted octanol–water partition coefficient (Wildman–Crippen LogP) is -4.43. The average molecular weight is 847 g/mol. The van der Waals surface area contributed by atoms with Gasteiger partial charge in [-0.2, -0.15) is 0 Å². The summed E-state index contributed by atoms with van der Waals surface area (Å²) in [7, 11) is 0. The molecular formula is C36H62N8O15. The molecule has 0 aliphatic carbocycles. The number of carbonyl (C=O) groups excluding carboxylic acids is 6. The summed E-state index contributed by atoms with van der Waals surface area (Å²) in [5.74, 6) is -10.8. The summed E-state index contributed by atoms with van der Waals surface area (Å²) >= 11 is 0. The van der Waals surface area contributed by atoms with Crippen LogP contribution in [0.4, 0.5) is 0 Å². The van der Waals surface area contributed by atoms with Crippen LogP contribution in [0.3, 0.4) is 0 Å². The molecule has 0 aromatic heterocycles. The number of hydrogen-bond acceptors (Lipinski definition) is 14. The van der Waals surface area contributed by atoms with Crippen molar-refractivity contribution in [2.45, 2.75) is 128 Å². The summed E-state index contributed by atoms with van der Waals surface area (Å²) in [5, 5.41) is 72.4. The van der Waals surface area contributed by atoms with Gasteiger partial charge in [0.25, 0.3) is 0 Å². The van der Waals surface area contributed by atoms with Crippen molar-refractivity contribution in [3.8, 4) is 0 Å². The molecule has 2 unspecified atom stereocenters. The lowest BCUT2D eigenvalue weighted by Crippen LogP contribution is -2.59. The summed E-state index contributed by atoms with van der Waals surface area (Å²) in [5.41, 5.74) is 3.95. The van der Waals surface area contributed by atoms with E-state index in [-0.39, 0.29) is 44.3 Å². The van der Waals surface area contributed by atoms with Crippen molar-refractivity contribution in [2.75, 3.05) is 32.8 Å². The molecule has 0 saturated carbocycles. The van der Waals surface area contributed by atoms with Gasteiger partial charge in [0.15, 0.2) is 0 Å². The number of carbonyl (C=O) groups is 9. The topological polar surface area (TPSA) is 376 Å². The number of amides is 6. The molecule has 1 saturated heterocycles. The van der Waals surface area contributed by atoms with Gasteiger partial charge < -0.3 is 68.3 Å². The zero-order valence-electron chi connectivity index (χ0n) is 34.1. The predicted molar refractivity (Wildman–Crippen MR) is 206 cm³/mol. The molecule has 0 bridgehead atoms. The van der Waals surface area contributed by atoms with E-state index in [0.717, 1.165) is 0 Å². The third kappa shape index (κ3) is 18.2. The van der Waals surface area contributed by atoms with E-state index in [1.807, 2.05) is 0 Å². The second kappa shape index (κ2) is 24.8. The van der Waals surface area contributed by atoms with Crippen molar-refractivity contribution >= 4 is 53.4 Å². The van der Waals surface area contributed by atoms with Gasteiger partial charge in [0.1, 0.15) is 35.8 Å². The Morgan fingerprint density at radius 1 is 0.729 bits per heavy atom. The minimum atomic E-state index is -1.85. The molecule has 14 N–H and O–H groups in total. The molecule has 0 aromatic rings. The van der Waals surface area contributed by atoms with Crippen LogP contribution in [0.2, 0.25) is 0 Å². The molecule has 336 valence electrons. The van der Waals surface area contributed by atoms with E-state index < -0.39 is 134 Å². The van der Waals surface area contributed by atoms with Crippen LogP contribution in [0.1, 0.15) is 79.6 Å². The van der Waals surface area contributed by atoms with Crippen LogP contribution in [0.5, 0.6) is 0 Å². The molecule has 8 atom stereocenters. The van der Waals surface area contributed by atoms with Crippen LogP contribution in [0.15, 0.2) is 0 Å². The van der Waals surface area contributed by atoms with Crippen LogP contribution in [-0.2, 0) is 43.2 Å². The molecule has 1 aliphatic heterocycles. The van der Waals surface area contributed by atoms with E-state index in [9.17, 15) is 73.8 Å². The number of aliphatic hydroxyl groups excluding tert-OH is 2. The number of carboxylic acids is 3. The molecule has 59 heavy (non-hydrogen) atoms. The van der Waals surface area contributed by atoms with E-state index in [4.69, 9.17) is 5.73 Å². The monoisotopic (exact) mass is 846 g/mol. The Balaban J connectivity index is 3.04. The van der Waals surface area contributed by atoms with Gasteiger partial charge in [0, 0.05) is 19.5 Å². The van der Waals surface area contributed by atoms with Gasteiger partial charge in [-0.25, -0.2) is 4.79 Å². The Morgan fingerprint density at radius 2 is 1.29 bits per heavy atom. The Morgan fingerprint density at radius 3 is 1.78 bits per heavy atom. The highest BCUT2D eigenvalue weighted by Gasteiger charge is 2.46. The highest BCUT2D eigenvalue weighted by molar-refractivity contribution is 5.97. The fourth-order valence-corrected chi connectivity index (χ4v) is 6.28. The Hall–Kier alpha value is -4.97. The normalized spacial score (nSPS) is 19.7. The molecule has 0 radical (unpaired) electrons. The van der Waals surface area contributed by atoms with Crippen LogP contribution in [0, 0.1) is 11.8 Å². The van der Waals surface area contributed by atoms with Crippen molar-refractivity contribution in [3.63, 3.8) is 0 Å². The van der Waals surface area contributed by atoms with Gasteiger partial charge in [-0.3, -0.25) is 43.3 Å². The largest absolute Gasteiger partial charge is 0.481 e. The number of nitrogens with one attached hydrogen (secondary N) is 6. The lowest BCUT2D eigenvalue weighted by Gasteiger charge is -2.32. The van der Waals surface area contributed by atoms with Crippen molar-refractivity contribution in [2.24, 2.45) is 17.6 Å². The molecule has 0 spiro atoms. The second-order valence-electron chi connectivity index (χ2n) is 15.5. The third-order valence-electron chi connectivity index (χ3n) is 9.39. The van der Waals surface area contributed by atoms with E-state index in [1.165, 1.54) is 6.92 Å². The summed E-state index contributed by atoms with van der Waals surface area (Å²) in [4.78, 5) is 115. The molecule has 1 aliphatic rings. The van der Waals surface area contributed by atoms with Gasteiger partial charge in [-0.15, -0.1) is 0 Å². The van der Waals surface area contributed by atoms with Gasteiger partial charge in [0.2, 0.25) is 35.4 Å². The summed E-state index contributed by atoms with van der Waals surface area (Å²) in [6.07, 6.45) is -2.58. The fraction of sp³-hybridized carbons (Fsp3) is 0.750. The first-order chi connectivity index (χ1) is 27.4. The van der Waals surface area contributed by atoms with Gasteiger partial charge in [0.05, 0.1) is 31.7 Å². The number of unbranched alkanes of at least 4 members (excludes halogenated alkanes) is 1. The van der Waals surface area contributed by atoms with Crippen LogP contribution in [0.25, 0.3) is 0 Å². The smallest absolute Gasteiger partial charge is 0.326 e. The minimum Gasteiger partial charge on any atom is -0.481 e. The third-order valence-corrected chi connectivity index (χ3v) is 9.39. The number of aliphatic hydroxyl groups is 3. The van der Waals surface area contributed by atoms with Crippen LogP contribution in [-0.4, -0.2) is 170 Å². The highest BCUT2D eigenvalue weighted by atomic mass is 16.4. The molecule has 1 fully saturated rings. The SMILES string of the molecule is CC(C)C[C@H](NC(=O)[C@H](C(C)C)N1CC(O)C(C)(O)C1)C(=O)N[C@@H](CO)C(=O)NCC(=O)N[C@@H](CCC(=O)O)C(=O)N[C@@H](CC(=O)O)C(=O)N[C@@H](CCCCN)C(=O)O. The maximum Gasteiger partial charge on any atom is 0.326 e. The summed E-state index contributed by atoms with van der Waals surface area (Å²) in [6, 6.07) is -8.68. The average Bonchev–Trinajstić information content (AvgIpc) is 3.39. The van der Waals surface area contributed by atoms with E-state index >= 15 is 0 Å². The van der Waals surface area contributed by atoms with Gasteiger partial charge in [-0.05, 0) is 57.4 Å². The van der Waals surface area contributed by atoms with E-state index in [2.05, 4.69) is 31.9 Å². The maximum absolute atomic E-state index is 13.5. The highest BCUT2D eigenvalue weighted by Crippen LogP contribution is 2.26. The van der Waals surface area contributed by atoms with Crippen LogP contribution >= 0.6 is 0 Å². The van der Waals surface area contributed by atoms with Crippen molar-refractivity contribution in [1.82, 2.24) is 36.8 Å². The number of likely N-dealkylation sites (tertiary alicyclic amines) is 1. The van der Waals surface area contributed by atoms with Crippen LogP contribution < -0.4 is 37.6 Å². The zero-order valence-corrected chi connectivity index (χ0v) is 34.1. The lowest BCUT2D eigenvalue weighted by molar-refractivity contribution is -0.143. The molecule has 6 amide bonds. The van der Waals surface area contributed by atoms with Gasteiger partial charge in [-0.1, -0.05) is 27.7 Å². The zero-order chi connectivity index (χ0) is 45.2. The number of rotatable bonds is 27. The number of β-amino-alcohol motifs (C(OH)–C–C–N with tert-alkyl or cyclic N) is 2. The Kier molecular flexibility index (Phi) is 21.9. The Bertz CT molecular complexity index is 1490. The molecule has 1 rings (SSSR count). The molecule has 23 nitrogen and oxygen atoms in total. The minimum absolute atomic E-state index is 0.00324. The van der Waals surface area contributed by atoms with E-state index in [1.54, 1.807) is 32.6 Å². The van der Waals surface area contributed by atoms with Crippen molar-refractivity contribution in [1.29, 1.82) is 0 Å². The standard InChI is InChI=1S/C36H62N8O15/c1-18(2)12-22(42-34(56)29(19(3)4)44-15-25(46)36(5,59)17-44)32(54)43-24(16-45)30(52)38-14-26(47)39-20(9-10-27(48)49)31(53)41-23(13-28(50)51)33(55)40-21(35(57)58)8-6-7-11-37/h18-25,29,45-46,59H,6-17,37H2,1-5H3,(H,38,52)(H,39,47)(H,40,55)(H,41,53)(H,42,56)(H,43,54)(H,48,49)(H,50,51)(H,57,58)/t20-,21-,22-,23-,24-,25?,29-,36?/m0/s1. The van der Waals surface area contributed by atoms with Crippen molar-refractivity contribution < 1.29 is 73.8 Å². The van der Waals surface area contributed by atoms with Gasteiger partial charge >= 0.3 is 17.9 Å². The first-order valence-corrected chi connectivity index (χ1v) is 19.3. The Labute approximate surface area is 341 Å². The maximum atomic E-state index is 13.5. The van der Waals surface area contributed by atoms with Crippen molar-refractivity contribution in [3.05, 3.63) is 0 Å². The van der Waals surface area contributed by atoms with E-state index in [0.29, 0.717) is 12.8 Å². The lowest BCUT2D eigenvalue weighted by atomic mass is 9.98. The number of carboxylic acid groups (broad SMARTS) is 3. The quantitative estimate of drug-likeness (QED) is 0.0347. The summed E-state index contributed by atoms with van der Waals surface area (Å²) in [6.45, 7) is 6.92. The number of nitrogens with two attached hydrogens (primary N) is 1. The number of hydrogen-bond donors (Lipinski definition) is 13. The molecular weight excluding hydrogens is 784 g/mol. The number of nitrogens with zero attached hydrogens (tertiary/aromatic N) is 1. The first kappa shape index (κ1) is 52.0. The molecule has 23 heteroatoms. The molecule has 0 aromatic carbocycles. The second-order valence-corrected chi connectivity index (χ2v) is 15.5. The first-order valence-electron chi connectivity index (χ1n) is 19.3.